The summed E-state index contributed by atoms with van der Waals surface area (Å²) < 4.78 is 0. The van der Waals surface area contributed by atoms with Crippen LogP contribution in [0.1, 0.15) is 29.0 Å². The molecular formula is C16H18N2OS. The van der Waals surface area contributed by atoms with E-state index in [1.54, 1.807) is 11.3 Å². The molecule has 20 heavy (non-hydrogen) atoms. The zero-order chi connectivity index (χ0) is 13.9. The van der Waals surface area contributed by atoms with Crippen LogP contribution in [0.5, 0.6) is 0 Å². The summed E-state index contributed by atoms with van der Waals surface area (Å²) in [5, 5.41) is 8.44. The Hall–Kier alpha value is -1.65. The quantitative estimate of drug-likeness (QED) is 0.910. The number of thiophene rings is 1. The smallest absolute Gasteiger partial charge is 0.237 e. The number of amides is 1. The van der Waals surface area contributed by atoms with Gasteiger partial charge in [0.1, 0.15) is 0 Å². The van der Waals surface area contributed by atoms with Crippen molar-refractivity contribution in [3.05, 3.63) is 57.8 Å². The van der Waals surface area contributed by atoms with Crippen molar-refractivity contribution in [2.75, 3.05) is 0 Å². The molecule has 0 radical (unpaired) electrons. The predicted molar refractivity (Wildman–Crippen MR) is 81.7 cm³/mol. The second kappa shape index (κ2) is 5.77. The summed E-state index contributed by atoms with van der Waals surface area (Å²) >= 11 is 1.67. The first-order valence-electron chi connectivity index (χ1n) is 6.88. The van der Waals surface area contributed by atoms with Gasteiger partial charge >= 0.3 is 0 Å². The lowest BCUT2D eigenvalue weighted by Crippen LogP contribution is -2.48. The lowest BCUT2D eigenvalue weighted by Gasteiger charge is -2.26. The number of rotatable bonds is 3. The van der Waals surface area contributed by atoms with Crippen LogP contribution in [-0.4, -0.2) is 11.9 Å². The van der Waals surface area contributed by atoms with E-state index in [0.717, 1.165) is 13.0 Å². The number of hydrogen-bond donors (Lipinski definition) is 2. The van der Waals surface area contributed by atoms with Gasteiger partial charge in [0.15, 0.2) is 0 Å². The number of nitrogens with one attached hydrogen (secondary N) is 2. The molecule has 4 heteroatoms. The highest BCUT2D eigenvalue weighted by Crippen LogP contribution is 2.20. The third-order valence-corrected chi connectivity index (χ3v) is 4.78. The molecule has 3 rings (SSSR count). The third-order valence-electron chi connectivity index (χ3n) is 3.73. The largest absolute Gasteiger partial charge is 0.347 e. The Balaban J connectivity index is 1.64. The first-order chi connectivity index (χ1) is 9.74. The summed E-state index contributed by atoms with van der Waals surface area (Å²) in [6.07, 6.45) is 0.763. The first-order valence-corrected chi connectivity index (χ1v) is 7.76. The highest BCUT2D eigenvalue weighted by molar-refractivity contribution is 7.10. The molecule has 0 saturated heterocycles. The summed E-state index contributed by atoms with van der Waals surface area (Å²) in [7, 11) is 0. The van der Waals surface area contributed by atoms with E-state index in [9.17, 15) is 4.79 Å². The van der Waals surface area contributed by atoms with Crippen LogP contribution in [0.25, 0.3) is 0 Å². The summed E-state index contributed by atoms with van der Waals surface area (Å²) in [6, 6.07) is 12.3. The van der Waals surface area contributed by atoms with Gasteiger partial charge in [-0.2, -0.15) is 0 Å². The Morgan fingerprint density at radius 1 is 1.30 bits per heavy atom. The van der Waals surface area contributed by atoms with Gasteiger partial charge < -0.3 is 10.6 Å². The maximum atomic E-state index is 12.3. The highest BCUT2D eigenvalue weighted by atomic mass is 32.1. The minimum absolute atomic E-state index is 0.0708. The van der Waals surface area contributed by atoms with E-state index >= 15 is 0 Å². The van der Waals surface area contributed by atoms with Crippen LogP contribution in [0.3, 0.4) is 0 Å². The molecular weight excluding hydrogens is 268 g/mol. The van der Waals surface area contributed by atoms with Crippen LogP contribution in [0.4, 0.5) is 0 Å². The molecule has 104 valence electrons. The van der Waals surface area contributed by atoms with E-state index in [-0.39, 0.29) is 18.0 Å². The average molecular weight is 286 g/mol. The van der Waals surface area contributed by atoms with Crippen LogP contribution in [0.2, 0.25) is 0 Å². The van der Waals surface area contributed by atoms with Gasteiger partial charge in [0.2, 0.25) is 5.91 Å². The fourth-order valence-electron chi connectivity index (χ4n) is 2.56. The van der Waals surface area contributed by atoms with Gasteiger partial charge in [-0.25, -0.2) is 0 Å². The molecule has 0 aliphatic carbocycles. The molecule has 0 unspecified atom stereocenters. The molecule has 0 saturated carbocycles. The summed E-state index contributed by atoms with van der Waals surface area (Å²) in [5.41, 5.74) is 2.57. The fraction of sp³-hybridized carbons (Fsp3) is 0.312. The monoisotopic (exact) mass is 286 g/mol. The average Bonchev–Trinajstić information content (AvgIpc) is 3.01. The van der Waals surface area contributed by atoms with Gasteiger partial charge in [-0.3, -0.25) is 4.79 Å². The molecule has 1 aromatic carbocycles. The predicted octanol–water partition coefficient (Wildman–Crippen LogP) is 2.64. The standard InChI is InChI=1S/C16H18N2OS/c1-11(15-7-4-8-20-15)18-16(19)14-9-12-5-2-3-6-13(12)10-17-14/h2-8,11,14,17H,9-10H2,1H3,(H,18,19)/t11-,14+/m1/s1. The Bertz CT molecular complexity index is 594. The van der Waals surface area contributed by atoms with Crippen molar-refractivity contribution in [2.45, 2.75) is 32.0 Å². The molecule has 1 aromatic heterocycles. The van der Waals surface area contributed by atoms with Gasteiger partial charge in [0, 0.05) is 11.4 Å². The third kappa shape index (κ3) is 2.76. The molecule has 0 fully saturated rings. The molecule has 1 aliphatic rings. The van der Waals surface area contributed by atoms with Gasteiger partial charge in [-0.1, -0.05) is 30.3 Å². The Kier molecular flexibility index (Phi) is 3.85. The van der Waals surface area contributed by atoms with Crippen LogP contribution < -0.4 is 10.6 Å². The number of fused-ring (bicyclic) bond motifs is 1. The van der Waals surface area contributed by atoms with E-state index < -0.39 is 0 Å². The van der Waals surface area contributed by atoms with Crippen LogP contribution in [0.15, 0.2) is 41.8 Å². The van der Waals surface area contributed by atoms with E-state index in [0.29, 0.717) is 0 Å². The van der Waals surface area contributed by atoms with Gasteiger partial charge in [-0.05, 0) is 35.9 Å². The molecule has 0 bridgehead atoms. The fourth-order valence-corrected chi connectivity index (χ4v) is 3.30. The van der Waals surface area contributed by atoms with Crippen molar-refractivity contribution in [3.63, 3.8) is 0 Å². The molecule has 2 aromatic rings. The summed E-state index contributed by atoms with van der Waals surface area (Å²) in [5.74, 6) is 0.0837. The molecule has 3 nitrogen and oxygen atoms in total. The molecule has 2 atom stereocenters. The molecule has 2 heterocycles. The minimum atomic E-state index is -0.132. The normalized spacial score (nSPS) is 19.1. The van der Waals surface area contributed by atoms with E-state index in [4.69, 9.17) is 0 Å². The lowest BCUT2D eigenvalue weighted by molar-refractivity contribution is -0.123. The van der Waals surface area contributed by atoms with E-state index in [1.807, 2.05) is 30.5 Å². The Morgan fingerprint density at radius 3 is 2.85 bits per heavy atom. The summed E-state index contributed by atoms with van der Waals surface area (Å²) in [6.45, 7) is 2.79. The van der Waals surface area contributed by atoms with Gasteiger partial charge in [0.05, 0.1) is 12.1 Å². The van der Waals surface area contributed by atoms with Crippen molar-refractivity contribution >= 4 is 17.2 Å². The Morgan fingerprint density at radius 2 is 2.10 bits per heavy atom. The summed E-state index contributed by atoms with van der Waals surface area (Å²) in [4.78, 5) is 13.5. The van der Waals surface area contributed by atoms with E-state index in [2.05, 4.69) is 28.8 Å². The SMILES string of the molecule is C[C@@H](NC(=O)[C@@H]1Cc2ccccc2CN1)c1cccs1. The first kappa shape index (κ1) is 13.3. The topological polar surface area (TPSA) is 41.1 Å². The second-order valence-corrected chi connectivity index (χ2v) is 6.13. The maximum Gasteiger partial charge on any atom is 0.237 e. The van der Waals surface area contributed by atoms with Crippen molar-refractivity contribution in [3.8, 4) is 0 Å². The van der Waals surface area contributed by atoms with Crippen LogP contribution in [0, 0.1) is 0 Å². The number of hydrogen-bond acceptors (Lipinski definition) is 3. The molecule has 0 spiro atoms. The van der Waals surface area contributed by atoms with Gasteiger partial charge in [0.25, 0.3) is 0 Å². The van der Waals surface area contributed by atoms with Crippen molar-refractivity contribution < 1.29 is 4.79 Å². The van der Waals surface area contributed by atoms with Gasteiger partial charge in [-0.15, -0.1) is 11.3 Å². The molecule has 1 aliphatic heterocycles. The number of carbonyl (C=O) groups is 1. The zero-order valence-electron chi connectivity index (χ0n) is 11.4. The number of benzene rings is 1. The maximum absolute atomic E-state index is 12.3. The molecule has 1 amide bonds. The zero-order valence-corrected chi connectivity index (χ0v) is 12.2. The minimum Gasteiger partial charge on any atom is -0.347 e. The van der Waals surface area contributed by atoms with Crippen LogP contribution >= 0.6 is 11.3 Å². The van der Waals surface area contributed by atoms with Crippen molar-refractivity contribution in [1.82, 2.24) is 10.6 Å². The molecule has 2 N–H and O–H groups in total. The van der Waals surface area contributed by atoms with Crippen molar-refractivity contribution in [2.24, 2.45) is 0 Å². The Labute approximate surface area is 123 Å². The second-order valence-electron chi connectivity index (χ2n) is 5.15. The van der Waals surface area contributed by atoms with Crippen molar-refractivity contribution in [1.29, 1.82) is 0 Å². The highest BCUT2D eigenvalue weighted by Gasteiger charge is 2.25. The van der Waals surface area contributed by atoms with E-state index in [1.165, 1.54) is 16.0 Å². The lowest BCUT2D eigenvalue weighted by atomic mass is 9.95. The number of carbonyl (C=O) groups excluding carboxylic acids is 1. The van der Waals surface area contributed by atoms with Crippen LogP contribution in [-0.2, 0) is 17.8 Å².